The number of carbonyl (C=O) groups excluding carboxylic acids is 1. The Kier molecular flexibility index (Phi) is 33.5. The van der Waals surface area contributed by atoms with Gasteiger partial charge in [-0.3, -0.25) is 4.79 Å². The molecule has 0 fully saturated rings. The number of rotatable bonds is 32. The predicted molar refractivity (Wildman–Crippen MR) is 167 cm³/mol. The zero-order chi connectivity index (χ0) is 27.6. The van der Waals surface area contributed by atoms with E-state index in [9.17, 15) is 4.79 Å². The van der Waals surface area contributed by atoms with Crippen LogP contribution in [0.3, 0.4) is 0 Å². The molecule has 0 spiro atoms. The minimum absolute atomic E-state index is 0.00669. The molecule has 0 bridgehead atoms. The minimum Gasteiger partial charge on any atom is -0.466 e. The number of hydrogen-bond donors (Lipinski definition) is 1. The zero-order valence-electron chi connectivity index (χ0n) is 25.8. The van der Waals surface area contributed by atoms with Crippen molar-refractivity contribution in [3.63, 3.8) is 0 Å². The van der Waals surface area contributed by atoms with Crippen LogP contribution in [-0.2, 0) is 9.53 Å². The third kappa shape index (κ3) is 33.2. The van der Waals surface area contributed by atoms with Gasteiger partial charge < -0.3 is 9.84 Å². The number of aliphatic hydroxyl groups is 1. The van der Waals surface area contributed by atoms with Gasteiger partial charge in [-0.1, -0.05) is 154 Å². The van der Waals surface area contributed by atoms with Crippen LogP contribution in [0.2, 0.25) is 0 Å². The van der Waals surface area contributed by atoms with E-state index in [2.05, 4.69) is 19.1 Å². The van der Waals surface area contributed by atoms with Crippen LogP contribution in [0.25, 0.3) is 0 Å². The summed E-state index contributed by atoms with van der Waals surface area (Å²) in [5.41, 5.74) is 0. The molecule has 0 aliphatic rings. The van der Waals surface area contributed by atoms with E-state index in [-0.39, 0.29) is 5.97 Å². The van der Waals surface area contributed by atoms with E-state index in [4.69, 9.17) is 9.84 Å². The van der Waals surface area contributed by atoms with Gasteiger partial charge >= 0.3 is 5.97 Å². The highest BCUT2D eigenvalue weighted by Crippen LogP contribution is 2.14. The summed E-state index contributed by atoms with van der Waals surface area (Å²) in [6.07, 6.45) is 41.4. The summed E-state index contributed by atoms with van der Waals surface area (Å²) >= 11 is 0. The zero-order valence-corrected chi connectivity index (χ0v) is 25.8. The standard InChI is InChI=1S/C35H68O3/c1-2-3-4-5-6-7-8-9-10-11-12-13-14-15-17-20-23-26-29-32-35(37)38-34-31-28-25-22-19-16-18-21-24-27-30-33-36/h9-10,36H,2-8,11-34H2,1H3. The fraction of sp³-hybridized carbons (Fsp3) is 0.914. The van der Waals surface area contributed by atoms with Crippen molar-refractivity contribution in [3.05, 3.63) is 12.2 Å². The molecular formula is C35H68O3. The quantitative estimate of drug-likeness (QED) is 0.0528. The molecule has 0 radical (unpaired) electrons. The highest BCUT2D eigenvalue weighted by atomic mass is 16.5. The molecule has 3 heteroatoms. The van der Waals surface area contributed by atoms with Gasteiger partial charge in [0, 0.05) is 13.0 Å². The Morgan fingerprint density at radius 3 is 1.32 bits per heavy atom. The lowest BCUT2D eigenvalue weighted by molar-refractivity contribution is -0.143. The van der Waals surface area contributed by atoms with Gasteiger partial charge in [0.15, 0.2) is 0 Å². The van der Waals surface area contributed by atoms with Crippen LogP contribution in [0.4, 0.5) is 0 Å². The summed E-state index contributed by atoms with van der Waals surface area (Å²) < 4.78 is 5.41. The molecule has 0 saturated carbocycles. The highest BCUT2D eigenvalue weighted by molar-refractivity contribution is 5.69. The average molecular weight is 537 g/mol. The fourth-order valence-electron chi connectivity index (χ4n) is 5.11. The van der Waals surface area contributed by atoms with Gasteiger partial charge in [0.05, 0.1) is 6.61 Å². The minimum atomic E-state index is 0.00669. The Morgan fingerprint density at radius 2 is 0.868 bits per heavy atom. The molecule has 3 nitrogen and oxygen atoms in total. The van der Waals surface area contributed by atoms with Gasteiger partial charge in [-0.15, -0.1) is 0 Å². The first-order chi connectivity index (χ1) is 18.8. The van der Waals surface area contributed by atoms with Gasteiger partial charge in [-0.2, -0.15) is 0 Å². The number of aliphatic hydroxyl groups excluding tert-OH is 1. The summed E-state index contributed by atoms with van der Waals surface area (Å²) in [7, 11) is 0. The van der Waals surface area contributed by atoms with Crippen molar-refractivity contribution < 1.29 is 14.6 Å². The SMILES string of the molecule is CCCCCCCCC=CCCCCCCCCCCCC(=O)OCCCCCCCCCCCCCO. The van der Waals surface area contributed by atoms with E-state index >= 15 is 0 Å². The second kappa shape index (κ2) is 34.2. The molecule has 38 heavy (non-hydrogen) atoms. The lowest BCUT2D eigenvalue weighted by Crippen LogP contribution is -2.05. The monoisotopic (exact) mass is 537 g/mol. The third-order valence-corrected chi connectivity index (χ3v) is 7.71. The Bertz CT molecular complexity index is 474. The van der Waals surface area contributed by atoms with Crippen molar-refractivity contribution in [3.8, 4) is 0 Å². The van der Waals surface area contributed by atoms with Crippen molar-refractivity contribution in [1.29, 1.82) is 0 Å². The lowest BCUT2D eigenvalue weighted by Gasteiger charge is -2.06. The van der Waals surface area contributed by atoms with Crippen LogP contribution in [0.15, 0.2) is 12.2 Å². The maximum Gasteiger partial charge on any atom is 0.305 e. The van der Waals surface area contributed by atoms with Crippen molar-refractivity contribution in [2.45, 2.75) is 193 Å². The van der Waals surface area contributed by atoms with Gasteiger partial charge in [0.1, 0.15) is 0 Å². The van der Waals surface area contributed by atoms with Gasteiger partial charge in [0.2, 0.25) is 0 Å². The van der Waals surface area contributed by atoms with Crippen molar-refractivity contribution in [1.82, 2.24) is 0 Å². The van der Waals surface area contributed by atoms with Crippen LogP contribution in [-0.4, -0.2) is 24.3 Å². The topological polar surface area (TPSA) is 46.5 Å². The summed E-state index contributed by atoms with van der Waals surface area (Å²) in [6.45, 7) is 3.23. The molecule has 0 saturated heterocycles. The van der Waals surface area contributed by atoms with Crippen LogP contribution in [0.1, 0.15) is 193 Å². The van der Waals surface area contributed by atoms with E-state index in [1.165, 1.54) is 161 Å². The number of hydrogen-bond acceptors (Lipinski definition) is 3. The summed E-state index contributed by atoms with van der Waals surface area (Å²) in [6, 6.07) is 0. The average Bonchev–Trinajstić information content (AvgIpc) is 2.92. The Balaban J connectivity index is 3.18. The van der Waals surface area contributed by atoms with Crippen LogP contribution < -0.4 is 0 Å². The molecule has 0 unspecified atom stereocenters. The molecule has 0 amide bonds. The van der Waals surface area contributed by atoms with Gasteiger partial charge in [0.25, 0.3) is 0 Å². The molecule has 0 atom stereocenters. The second-order valence-electron chi connectivity index (χ2n) is 11.6. The summed E-state index contributed by atoms with van der Waals surface area (Å²) in [5.74, 6) is 0.00669. The van der Waals surface area contributed by atoms with E-state index in [0.717, 1.165) is 19.3 Å². The number of carbonyl (C=O) groups is 1. The smallest absolute Gasteiger partial charge is 0.305 e. The van der Waals surface area contributed by atoms with Crippen molar-refractivity contribution in [2.24, 2.45) is 0 Å². The van der Waals surface area contributed by atoms with Crippen LogP contribution in [0.5, 0.6) is 0 Å². The Hall–Kier alpha value is -0.830. The summed E-state index contributed by atoms with van der Waals surface area (Å²) in [4.78, 5) is 11.9. The Labute approximate surface area is 239 Å². The molecule has 1 N–H and O–H groups in total. The first-order valence-corrected chi connectivity index (χ1v) is 17.2. The number of ether oxygens (including phenoxy) is 1. The van der Waals surface area contributed by atoms with Gasteiger partial charge in [-0.25, -0.2) is 0 Å². The first-order valence-electron chi connectivity index (χ1n) is 17.2. The van der Waals surface area contributed by atoms with Gasteiger partial charge in [-0.05, 0) is 44.9 Å². The van der Waals surface area contributed by atoms with Crippen LogP contribution in [0, 0.1) is 0 Å². The highest BCUT2D eigenvalue weighted by Gasteiger charge is 2.02. The molecule has 0 heterocycles. The largest absolute Gasteiger partial charge is 0.466 e. The molecule has 0 rings (SSSR count). The molecule has 0 aliphatic heterocycles. The maximum absolute atomic E-state index is 11.9. The Morgan fingerprint density at radius 1 is 0.500 bits per heavy atom. The van der Waals surface area contributed by atoms with Crippen molar-refractivity contribution in [2.75, 3.05) is 13.2 Å². The van der Waals surface area contributed by atoms with Crippen LogP contribution >= 0.6 is 0 Å². The van der Waals surface area contributed by atoms with E-state index in [1.54, 1.807) is 0 Å². The number of esters is 1. The summed E-state index contributed by atoms with van der Waals surface area (Å²) in [5, 5.41) is 8.77. The van der Waals surface area contributed by atoms with E-state index in [1.807, 2.05) is 0 Å². The first kappa shape index (κ1) is 37.2. The lowest BCUT2D eigenvalue weighted by atomic mass is 10.1. The maximum atomic E-state index is 11.9. The molecule has 0 aromatic rings. The van der Waals surface area contributed by atoms with Crippen molar-refractivity contribution >= 4 is 5.97 Å². The van der Waals surface area contributed by atoms with E-state index < -0.39 is 0 Å². The van der Waals surface area contributed by atoms with E-state index in [0.29, 0.717) is 19.6 Å². The predicted octanol–water partition coefficient (Wildman–Crippen LogP) is 11.4. The molecular weight excluding hydrogens is 468 g/mol. The molecule has 0 aliphatic carbocycles. The number of unbranched alkanes of at least 4 members (excludes halogenated alkanes) is 25. The molecule has 226 valence electrons. The normalized spacial score (nSPS) is 11.5. The molecule has 0 aromatic carbocycles. The number of allylic oxidation sites excluding steroid dienone is 2. The second-order valence-corrected chi connectivity index (χ2v) is 11.6. The third-order valence-electron chi connectivity index (χ3n) is 7.71. The fourth-order valence-corrected chi connectivity index (χ4v) is 5.11. The molecule has 0 aromatic heterocycles.